The molecule has 0 spiro atoms. The molecular formula is C12H22O. The van der Waals surface area contributed by atoms with E-state index >= 15 is 0 Å². The van der Waals surface area contributed by atoms with E-state index in [1.165, 1.54) is 24.0 Å². The first-order valence-electron chi connectivity index (χ1n) is 5.12. The summed E-state index contributed by atoms with van der Waals surface area (Å²) < 4.78 is 0. The highest BCUT2D eigenvalue weighted by Gasteiger charge is 1.89. The lowest BCUT2D eigenvalue weighted by Crippen LogP contribution is -1.81. The Kier molecular flexibility index (Phi) is 7.71. The van der Waals surface area contributed by atoms with E-state index in [1.54, 1.807) is 0 Å². The third kappa shape index (κ3) is 7.79. The van der Waals surface area contributed by atoms with Gasteiger partial charge in [-0.15, -0.1) is 0 Å². The third-order valence-electron chi connectivity index (χ3n) is 2.12. The molecule has 0 bridgehead atoms. The maximum absolute atomic E-state index is 8.64. The molecule has 0 aromatic heterocycles. The van der Waals surface area contributed by atoms with Gasteiger partial charge in [0.05, 0.1) is 6.61 Å². The standard InChI is InChI=1S/C12H22O/c1-4-6-11(2)7-5-8-12(3)9-10-13/h7,9,13H,4-6,8,10H2,1-3H3. The monoisotopic (exact) mass is 182 g/mol. The van der Waals surface area contributed by atoms with Gasteiger partial charge < -0.3 is 5.11 Å². The van der Waals surface area contributed by atoms with Crippen LogP contribution in [0.2, 0.25) is 0 Å². The SMILES string of the molecule is CCCC(C)=CCCC(C)=CCO. The molecule has 0 aliphatic carbocycles. The fraction of sp³-hybridized carbons (Fsp3) is 0.667. The van der Waals surface area contributed by atoms with Crippen molar-refractivity contribution in [3.63, 3.8) is 0 Å². The number of allylic oxidation sites excluding steroid dienone is 3. The molecule has 76 valence electrons. The normalized spacial score (nSPS) is 13.5. The van der Waals surface area contributed by atoms with Crippen LogP contribution < -0.4 is 0 Å². The van der Waals surface area contributed by atoms with Gasteiger partial charge in [0.2, 0.25) is 0 Å². The Bertz CT molecular complexity index is 178. The first kappa shape index (κ1) is 12.4. The lowest BCUT2D eigenvalue weighted by molar-refractivity contribution is 0.341. The molecule has 0 saturated carbocycles. The smallest absolute Gasteiger partial charge is 0.0614 e. The Morgan fingerprint density at radius 1 is 1.08 bits per heavy atom. The first-order chi connectivity index (χ1) is 6.20. The molecule has 13 heavy (non-hydrogen) atoms. The summed E-state index contributed by atoms with van der Waals surface area (Å²) in [5, 5.41) is 8.64. The Balaban J connectivity index is 3.65. The Hall–Kier alpha value is -0.560. The van der Waals surface area contributed by atoms with Crippen LogP contribution in [-0.2, 0) is 0 Å². The molecule has 0 fully saturated rings. The molecule has 1 N–H and O–H groups in total. The van der Waals surface area contributed by atoms with Gasteiger partial charge in [0.15, 0.2) is 0 Å². The zero-order valence-corrected chi connectivity index (χ0v) is 9.14. The summed E-state index contributed by atoms with van der Waals surface area (Å²) in [6.45, 7) is 6.63. The van der Waals surface area contributed by atoms with Crippen LogP contribution in [0.1, 0.15) is 46.5 Å². The molecule has 0 saturated heterocycles. The van der Waals surface area contributed by atoms with Gasteiger partial charge in [0.25, 0.3) is 0 Å². The fourth-order valence-electron chi connectivity index (χ4n) is 1.30. The molecule has 0 heterocycles. The van der Waals surface area contributed by atoms with Crippen molar-refractivity contribution in [3.05, 3.63) is 23.3 Å². The van der Waals surface area contributed by atoms with Gasteiger partial charge in [0.1, 0.15) is 0 Å². The summed E-state index contributed by atoms with van der Waals surface area (Å²) >= 11 is 0. The van der Waals surface area contributed by atoms with Crippen molar-refractivity contribution >= 4 is 0 Å². The lowest BCUT2D eigenvalue weighted by Gasteiger charge is -1.99. The molecule has 0 unspecified atom stereocenters. The van der Waals surface area contributed by atoms with Crippen LogP contribution in [0, 0.1) is 0 Å². The maximum atomic E-state index is 8.64. The highest BCUT2D eigenvalue weighted by Crippen LogP contribution is 2.09. The number of hydrogen-bond acceptors (Lipinski definition) is 1. The second-order valence-electron chi connectivity index (χ2n) is 3.57. The minimum atomic E-state index is 0.170. The van der Waals surface area contributed by atoms with Crippen molar-refractivity contribution in [2.24, 2.45) is 0 Å². The fourth-order valence-corrected chi connectivity index (χ4v) is 1.30. The predicted octanol–water partition coefficient (Wildman–Crippen LogP) is 3.45. The van der Waals surface area contributed by atoms with Gasteiger partial charge >= 0.3 is 0 Å². The van der Waals surface area contributed by atoms with Crippen LogP contribution in [-0.4, -0.2) is 11.7 Å². The van der Waals surface area contributed by atoms with E-state index in [2.05, 4.69) is 26.8 Å². The summed E-state index contributed by atoms with van der Waals surface area (Å²) in [6.07, 6.45) is 8.80. The average Bonchev–Trinajstić information content (AvgIpc) is 2.05. The highest BCUT2D eigenvalue weighted by atomic mass is 16.2. The van der Waals surface area contributed by atoms with E-state index in [4.69, 9.17) is 5.11 Å². The van der Waals surface area contributed by atoms with Crippen LogP contribution in [0.3, 0.4) is 0 Å². The van der Waals surface area contributed by atoms with Gasteiger partial charge in [0, 0.05) is 0 Å². The zero-order chi connectivity index (χ0) is 10.1. The maximum Gasteiger partial charge on any atom is 0.0614 e. The second-order valence-corrected chi connectivity index (χ2v) is 3.57. The van der Waals surface area contributed by atoms with E-state index in [9.17, 15) is 0 Å². The molecule has 0 aromatic carbocycles. The van der Waals surface area contributed by atoms with Crippen molar-refractivity contribution < 1.29 is 5.11 Å². The molecule has 0 aliphatic rings. The lowest BCUT2D eigenvalue weighted by atomic mass is 10.1. The van der Waals surface area contributed by atoms with Crippen LogP contribution >= 0.6 is 0 Å². The largest absolute Gasteiger partial charge is 0.392 e. The summed E-state index contributed by atoms with van der Waals surface area (Å²) in [5.41, 5.74) is 2.77. The van der Waals surface area contributed by atoms with Crippen LogP contribution in [0.25, 0.3) is 0 Å². The van der Waals surface area contributed by atoms with Gasteiger partial charge in [-0.3, -0.25) is 0 Å². The Labute approximate surface area is 82.2 Å². The molecular weight excluding hydrogens is 160 g/mol. The molecule has 0 radical (unpaired) electrons. The zero-order valence-electron chi connectivity index (χ0n) is 9.14. The molecule has 0 rings (SSSR count). The van der Waals surface area contributed by atoms with Crippen molar-refractivity contribution in [3.8, 4) is 0 Å². The average molecular weight is 182 g/mol. The number of aliphatic hydroxyl groups excluding tert-OH is 1. The highest BCUT2D eigenvalue weighted by molar-refractivity contribution is 5.03. The molecule has 0 aliphatic heterocycles. The molecule has 1 nitrogen and oxygen atoms in total. The summed E-state index contributed by atoms with van der Waals surface area (Å²) in [4.78, 5) is 0. The second kappa shape index (κ2) is 8.06. The molecule has 0 amide bonds. The van der Waals surface area contributed by atoms with E-state index in [-0.39, 0.29) is 6.61 Å². The molecule has 1 heteroatoms. The summed E-state index contributed by atoms with van der Waals surface area (Å²) in [7, 11) is 0. The van der Waals surface area contributed by atoms with E-state index in [0.29, 0.717) is 0 Å². The molecule has 0 atom stereocenters. The van der Waals surface area contributed by atoms with Crippen LogP contribution in [0.15, 0.2) is 23.3 Å². The van der Waals surface area contributed by atoms with E-state index in [1.807, 2.05) is 6.08 Å². The minimum Gasteiger partial charge on any atom is -0.392 e. The van der Waals surface area contributed by atoms with Crippen LogP contribution in [0.5, 0.6) is 0 Å². The number of hydrogen-bond donors (Lipinski definition) is 1. The van der Waals surface area contributed by atoms with Gasteiger partial charge in [-0.1, -0.05) is 36.6 Å². The van der Waals surface area contributed by atoms with Gasteiger partial charge in [-0.2, -0.15) is 0 Å². The molecule has 0 aromatic rings. The number of aliphatic hydroxyl groups is 1. The summed E-state index contributed by atoms with van der Waals surface area (Å²) in [6, 6.07) is 0. The predicted molar refractivity (Wildman–Crippen MR) is 58.7 cm³/mol. The quantitative estimate of drug-likeness (QED) is 0.624. The van der Waals surface area contributed by atoms with Crippen LogP contribution in [0.4, 0.5) is 0 Å². The Morgan fingerprint density at radius 2 is 1.69 bits per heavy atom. The van der Waals surface area contributed by atoms with Gasteiger partial charge in [-0.05, 0) is 33.1 Å². The number of rotatable bonds is 6. The van der Waals surface area contributed by atoms with Crippen molar-refractivity contribution in [2.45, 2.75) is 46.5 Å². The van der Waals surface area contributed by atoms with Crippen molar-refractivity contribution in [1.82, 2.24) is 0 Å². The van der Waals surface area contributed by atoms with Gasteiger partial charge in [-0.25, -0.2) is 0 Å². The van der Waals surface area contributed by atoms with Crippen molar-refractivity contribution in [1.29, 1.82) is 0 Å². The minimum absolute atomic E-state index is 0.170. The Morgan fingerprint density at radius 3 is 2.23 bits per heavy atom. The van der Waals surface area contributed by atoms with E-state index in [0.717, 1.165) is 12.8 Å². The van der Waals surface area contributed by atoms with Crippen molar-refractivity contribution in [2.75, 3.05) is 6.61 Å². The third-order valence-corrected chi connectivity index (χ3v) is 2.12. The topological polar surface area (TPSA) is 20.2 Å². The van der Waals surface area contributed by atoms with E-state index < -0.39 is 0 Å². The summed E-state index contributed by atoms with van der Waals surface area (Å²) in [5.74, 6) is 0. The first-order valence-corrected chi connectivity index (χ1v) is 5.12.